The lowest BCUT2D eigenvalue weighted by Crippen LogP contribution is -2.18. The zero-order valence-electron chi connectivity index (χ0n) is 9.97. The van der Waals surface area contributed by atoms with Crippen LogP contribution in [0.1, 0.15) is 18.3 Å². The maximum atomic E-state index is 13.7. The predicted molar refractivity (Wildman–Crippen MR) is 62.4 cm³/mol. The van der Waals surface area contributed by atoms with Crippen LogP contribution in [-0.2, 0) is 13.0 Å². The highest BCUT2D eigenvalue weighted by Gasteiger charge is 2.12. The van der Waals surface area contributed by atoms with E-state index < -0.39 is 5.82 Å². The van der Waals surface area contributed by atoms with E-state index >= 15 is 0 Å². The maximum Gasteiger partial charge on any atom is 0.213 e. The number of rotatable bonds is 5. The summed E-state index contributed by atoms with van der Waals surface area (Å²) in [7, 11) is 0. The van der Waals surface area contributed by atoms with E-state index in [-0.39, 0.29) is 18.4 Å². The van der Waals surface area contributed by atoms with Crippen LogP contribution < -0.4 is 10.5 Å². The molecule has 5 nitrogen and oxygen atoms in total. The average molecular weight is 251 g/mol. The van der Waals surface area contributed by atoms with Crippen molar-refractivity contribution < 1.29 is 13.7 Å². The van der Waals surface area contributed by atoms with Gasteiger partial charge in [-0.1, -0.05) is 17.3 Å². The Hall–Kier alpha value is -1.95. The van der Waals surface area contributed by atoms with Crippen molar-refractivity contribution in [2.24, 2.45) is 5.73 Å². The van der Waals surface area contributed by atoms with Crippen LogP contribution in [0.3, 0.4) is 0 Å². The van der Waals surface area contributed by atoms with Crippen molar-refractivity contribution in [1.82, 2.24) is 10.1 Å². The number of hydrogen-bond donors (Lipinski definition) is 1. The number of para-hydroxylation sites is 1. The molecule has 0 radical (unpaired) electrons. The SMILES string of the molecule is CC(N)Cc1cccc(F)c1OCc1ncon1. The van der Waals surface area contributed by atoms with E-state index in [1.54, 1.807) is 12.1 Å². The number of hydrogen-bond acceptors (Lipinski definition) is 5. The second-order valence-corrected chi connectivity index (χ2v) is 4.05. The summed E-state index contributed by atoms with van der Waals surface area (Å²) in [5.74, 6) is 0.140. The smallest absolute Gasteiger partial charge is 0.213 e. The number of nitrogens with two attached hydrogens (primary N) is 1. The van der Waals surface area contributed by atoms with Crippen molar-refractivity contribution >= 4 is 0 Å². The van der Waals surface area contributed by atoms with Gasteiger partial charge in [0.15, 0.2) is 18.2 Å². The fraction of sp³-hybridized carbons (Fsp3) is 0.333. The highest BCUT2D eigenvalue weighted by atomic mass is 19.1. The molecular weight excluding hydrogens is 237 g/mol. The normalized spacial score (nSPS) is 12.4. The van der Waals surface area contributed by atoms with Crippen LogP contribution in [0.5, 0.6) is 5.75 Å². The Morgan fingerprint density at radius 3 is 3.00 bits per heavy atom. The van der Waals surface area contributed by atoms with Crippen LogP contribution in [0.2, 0.25) is 0 Å². The summed E-state index contributed by atoms with van der Waals surface area (Å²) in [6.45, 7) is 1.91. The summed E-state index contributed by atoms with van der Waals surface area (Å²) in [6.07, 6.45) is 1.74. The summed E-state index contributed by atoms with van der Waals surface area (Å²) in [6, 6.07) is 4.70. The molecule has 6 heteroatoms. The minimum atomic E-state index is -0.420. The number of ether oxygens (including phenoxy) is 1. The molecule has 1 aromatic heterocycles. The van der Waals surface area contributed by atoms with Crippen LogP contribution in [-0.4, -0.2) is 16.2 Å². The number of benzene rings is 1. The second kappa shape index (κ2) is 5.59. The van der Waals surface area contributed by atoms with Crippen LogP contribution in [0.4, 0.5) is 4.39 Å². The number of aromatic nitrogens is 2. The van der Waals surface area contributed by atoms with Gasteiger partial charge in [-0.15, -0.1) is 0 Å². The lowest BCUT2D eigenvalue weighted by molar-refractivity contribution is 0.270. The summed E-state index contributed by atoms with van der Waals surface area (Å²) in [5.41, 5.74) is 6.45. The molecule has 0 aliphatic heterocycles. The van der Waals surface area contributed by atoms with Gasteiger partial charge in [-0.25, -0.2) is 4.39 Å². The lowest BCUT2D eigenvalue weighted by Gasteiger charge is -2.12. The van der Waals surface area contributed by atoms with E-state index in [4.69, 9.17) is 10.5 Å². The third-order valence-electron chi connectivity index (χ3n) is 2.34. The monoisotopic (exact) mass is 251 g/mol. The molecule has 0 saturated heterocycles. The van der Waals surface area contributed by atoms with Gasteiger partial charge in [0.1, 0.15) is 0 Å². The van der Waals surface area contributed by atoms with Gasteiger partial charge in [0, 0.05) is 6.04 Å². The van der Waals surface area contributed by atoms with Crippen LogP contribution in [0.25, 0.3) is 0 Å². The van der Waals surface area contributed by atoms with Gasteiger partial charge in [-0.3, -0.25) is 0 Å². The van der Waals surface area contributed by atoms with E-state index in [0.717, 1.165) is 5.56 Å². The molecule has 1 unspecified atom stereocenters. The summed E-state index contributed by atoms with van der Waals surface area (Å²) >= 11 is 0. The highest BCUT2D eigenvalue weighted by Crippen LogP contribution is 2.24. The van der Waals surface area contributed by atoms with Crippen molar-refractivity contribution in [3.63, 3.8) is 0 Å². The first kappa shape index (κ1) is 12.5. The molecule has 0 saturated carbocycles. The zero-order chi connectivity index (χ0) is 13.0. The van der Waals surface area contributed by atoms with E-state index in [9.17, 15) is 4.39 Å². The molecule has 0 amide bonds. The van der Waals surface area contributed by atoms with Crippen molar-refractivity contribution in [3.8, 4) is 5.75 Å². The van der Waals surface area contributed by atoms with Gasteiger partial charge in [0.25, 0.3) is 0 Å². The zero-order valence-corrected chi connectivity index (χ0v) is 9.97. The molecule has 2 N–H and O–H groups in total. The fourth-order valence-corrected chi connectivity index (χ4v) is 1.62. The van der Waals surface area contributed by atoms with Crippen molar-refractivity contribution in [3.05, 3.63) is 41.8 Å². The van der Waals surface area contributed by atoms with Gasteiger partial charge in [0.05, 0.1) is 0 Å². The Labute approximate surface area is 104 Å². The standard InChI is InChI=1S/C12H14FN3O2/c1-8(14)5-9-3-2-4-10(13)12(9)17-6-11-15-7-18-16-11/h2-4,7-8H,5-6,14H2,1H3. The van der Waals surface area contributed by atoms with Crippen molar-refractivity contribution in [2.75, 3.05) is 0 Å². The molecule has 18 heavy (non-hydrogen) atoms. The first-order valence-electron chi connectivity index (χ1n) is 5.58. The van der Waals surface area contributed by atoms with Gasteiger partial charge in [-0.2, -0.15) is 4.98 Å². The predicted octanol–water partition coefficient (Wildman–Crippen LogP) is 1.68. The summed E-state index contributed by atoms with van der Waals surface area (Å²) < 4.78 is 23.7. The molecule has 0 aliphatic rings. The Balaban J connectivity index is 2.14. The lowest BCUT2D eigenvalue weighted by atomic mass is 10.1. The Morgan fingerprint density at radius 1 is 1.50 bits per heavy atom. The Kier molecular flexibility index (Phi) is 3.88. The van der Waals surface area contributed by atoms with Gasteiger partial charge < -0.3 is 15.0 Å². The second-order valence-electron chi connectivity index (χ2n) is 4.05. The topological polar surface area (TPSA) is 74.2 Å². The number of nitrogens with zero attached hydrogens (tertiary/aromatic N) is 2. The first-order chi connectivity index (χ1) is 8.66. The summed E-state index contributed by atoms with van der Waals surface area (Å²) in [5, 5.41) is 3.59. The Bertz CT molecular complexity index is 500. The Morgan fingerprint density at radius 2 is 2.33 bits per heavy atom. The average Bonchev–Trinajstić information content (AvgIpc) is 2.80. The van der Waals surface area contributed by atoms with Gasteiger partial charge >= 0.3 is 0 Å². The van der Waals surface area contributed by atoms with E-state index in [1.165, 1.54) is 12.5 Å². The molecule has 1 aromatic carbocycles. The van der Waals surface area contributed by atoms with Crippen LogP contribution >= 0.6 is 0 Å². The molecule has 0 spiro atoms. The first-order valence-corrected chi connectivity index (χ1v) is 5.58. The van der Waals surface area contributed by atoms with Crippen molar-refractivity contribution in [1.29, 1.82) is 0 Å². The third-order valence-corrected chi connectivity index (χ3v) is 2.34. The maximum absolute atomic E-state index is 13.7. The highest BCUT2D eigenvalue weighted by molar-refractivity contribution is 5.35. The molecule has 0 aliphatic carbocycles. The molecule has 1 atom stereocenters. The number of halogens is 1. The molecular formula is C12H14FN3O2. The molecule has 0 fully saturated rings. The van der Waals surface area contributed by atoms with Crippen molar-refractivity contribution in [2.45, 2.75) is 26.0 Å². The molecule has 1 heterocycles. The van der Waals surface area contributed by atoms with E-state index in [0.29, 0.717) is 12.2 Å². The van der Waals surface area contributed by atoms with Gasteiger partial charge in [0.2, 0.25) is 12.2 Å². The minimum absolute atomic E-state index is 0.0589. The quantitative estimate of drug-likeness (QED) is 0.875. The third kappa shape index (κ3) is 3.04. The van der Waals surface area contributed by atoms with Crippen LogP contribution in [0, 0.1) is 5.82 Å². The largest absolute Gasteiger partial charge is 0.482 e. The molecule has 2 aromatic rings. The van der Waals surface area contributed by atoms with E-state index in [2.05, 4.69) is 14.7 Å². The molecule has 96 valence electrons. The molecule has 0 bridgehead atoms. The van der Waals surface area contributed by atoms with Gasteiger partial charge in [-0.05, 0) is 25.0 Å². The minimum Gasteiger partial charge on any atom is -0.482 e. The fourth-order valence-electron chi connectivity index (χ4n) is 1.62. The molecule has 2 rings (SSSR count). The summed E-state index contributed by atoms with van der Waals surface area (Å²) in [4.78, 5) is 3.80. The van der Waals surface area contributed by atoms with E-state index in [1.807, 2.05) is 6.92 Å². The van der Waals surface area contributed by atoms with Crippen LogP contribution in [0.15, 0.2) is 29.1 Å².